The molecule has 0 aliphatic heterocycles. The van der Waals surface area contributed by atoms with Crippen molar-refractivity contribution in [2.45, 2.75) is 26.9 Å². The minimum atomic E-state index is -0.439. The number of hydrogen-bond acceptors (Lipinski definition) is 5. The van der Waals surface area contributed by atoms with Crippen LogP contribution in [0.1, 0.15) is 40.3 Å². The van der Waals surface area contributed by atoms with Gasteiger partial charge in [-0.15, -0.1) is 0 Å². The lowest BCUT2D eigenvalue weighted by Crippen LogP contribution is -2.28. The minimum absolute atomic E-state index is 0.198. The Balaban J connectivity index is 2.34. The summed E-state index contributed by atoms with van der Waals surface area (Å²) in [5.74, 6) is -0.638. The van der Waals surface area contributed by atoms with E-state index in [1.807, 2.05) is 0 Å². The number of para-hydroxylation sites is 1. The molecule has 1 aromatic heterocycles. The molecule has 116 valence electrons. The molecule has 0 saturated heterocycles. The van der Waals surface area contributed by atoms with Crippen molar-refractivity contribution in [1.29, 1.82) is 0 Å². The molecule has 2 aromatic rings. The van der Waals surface area contributed by atoms with Gasteiger partial charge in [0.05, 0.1) is 28.6 Å². The molecule has 0 atom stereocenters. The number of carbonyl (C=O) groups excluding carboxylic acids is 2. The second-order valence-electron chi connectivity index (χ2n) is 5.15. The zero-order valence-corrected chi connectivity index (χ0v) is 13.8. The molecule has 0 radical (unpaired) electrons. The van der Waals surface area contributed by atoms with Gasteiger partial charge in [0.25, 0.3) is 5.91 Å². The molecule has 0 saturated carbocycles. The largest absolute Gasteiger partial charge is 0.459 e. The van der Waals surface area contributed by atoms with E-state index in [-0.39, 0.29) is 12.0 Å². The van der Waals surface area contributed by atoms with Gasteiger partial charge in [-0.1, -0.05) is 12.1 Å². The highest BCUT2D eigenvalue weighted by Gasteiger charge is 2.22. The number of nitrogens with zero attached hydrogens (tertiary/aromatic N) is 2. The van der Waals surface area contributed by atoms with Crippen LogP contribution >= 0.6 is 11.5 Å². The number of aryl methyl sites for hydroxylation is 1. The van der Waals surface area contributed by atoms with Crippen molar-refractivity contribution in [3.05, 3.63) is 46.5 Å². The van der Waals surface area contributed by atoms with Gasteiger partial charge in [0.15, 0.2) is 0 Å². The molecule has 0 fully saturated rings. The molecule has 1 aromatic carbocycles. The maximum atomic E-state index is 12.6. The monoisotopic (exact) mass is 318 g/mol. The van der Waals surface area contributed by atoms with Crippen LogP contribution in [-0.2, 0) is 4.74 Å². The van der Waals surface area contributed by atoms with Crippen LogP contribution in [0.2, 0.25) is 0 Å². The molecular formula is C16H18N2O3S. The molecule has 5 nitrogen and oxygen atoms in total. The summed E-state index contributed by atoms with van der Waals surface area (Å²) >= 11 is 1.24. The lowest BCUT2D eigenvalue weighted by Gasteiger charge is -2.20. The van der Waals surface area contributed by atoms with Gasteiger partial charge in [0.2, 0.25) is 0 Å². The molecule has 0 N–H and O–H groups in total. The van der Waals surface area contributed by atoms with Gasteiger partial charge < -0.3 is 9.64 Å². The highest BCUT2D eigenvalue weighted by atomic mass is 32.1. The maximum Gasteiger partial charge on any atom is 0.340 e. The third kappa shape index (κ3) is 3.33. The third-order valence-corrected chi connectivity index (χ3v) is 3.83. The van der Waals surface area contributed by atoms with Crippen molar-refractivity contribution < 1.29 is 14.3 Å². The number of benzene rings is 1. The summed E-state index contributed by atoms with van der Waals surface area (Å²) in [7, 11) is 1.64. The van der Waals surface area contributed by atoms with Crippen LogP contribution in [0.4, 0.5) is 5.69 Å². The van der Waals surface area contributed by atoms with E-state index in [9.17, 15) is 9.59 Å². The smallest absolute Gasteiger partial charge is 0.340 e. The molecule has 1 heterocycles. The highest BCUT2D eigenvalue weighted by Crippen LogP contribution is 2.23. The zero-order chi connectivity index (χ0) is 16.3. The van der Waals surface area contributed by atoms with Crippen LogP contribution in [0.25, 0.3) is 0 Å². The van der Waals surface area contributed by atoms with Crippen molar-refractivity contribution in [2.75, 3.05) is 11.9 Å². The Morgan fingerprint density at radius 2 is 1.91 bits per heavy atom. The first-order valence-corrected chi connectivity index (χ1v) is 7.74. The number of carbonyl (C=O) groups is 2. The number of hydrogen-bond donors (Lipinski definition) is 0. The Labute approximate surface area is 133 Å². The summed E-state index contributed by atoms with van der Waals surface area (Å²) in [5, 5.41) is 1.71. The van der Waals surface area contributed by atoms with Crippen molar-refractivity contribution in [1.82, 2.24) is 4.37 Å². The average molecular weight is 318 g/mol. The van der Waals surface area contributed by atoms with Gasteiger partial charge in [-0.2, -0.15) is 4.37 Å². The topological polar surface area (TPSA) is 59.5 Å². The first-order chi connectivity index (χ1) is 10.4. The van der Waals surface area contributed by atoms with Crippen molar-refractivity contribution in [2.24, 2.45) is 0 Å². The van der Waals surface area contributed by atoms with E-state index in [0.29, 0.717) is 22.5 Å². The first-order valence-electron chi connectivity index (χ1n) is 6.91. The lowest BCUT2D eigenvalue weighted by atomic mass is 10.1. The van der Waals surface area contributed by atoms with E-state index in [0.717, 1.165) is 0 Å². The Bertz CT molecular complexity index is 694. The Morgan fingerprint density at radius 3 is 2.50 bits per heavy atom. The fourth-order valence-electron chi connectivity index (χ4n) is 2.00. The van der Waals surface area contributed by atoms with Gasteiger partial charge in [-0.05, 0) is 44.4 Å². The third-order valence-electron chi connectivity index (χ3n) is 3.11. The number of anilines is 1. The molecule has 1 amide bonds. The summed E-state index contributed by atoms with van der Waals surface area (Å²) in [6.45, 7) is 5.36. The molecule has 6 heteroatoms. The number of rotatable bonds is 4. The fourth-order valence-corrected chi connectivity index (χ4v) is 2.69. The molecule has 0 aliphatic rings. The SMILES string of the molecule is Cc1nscc1C(=O)N(C)c1ccccc1C(=O)OC(C)C. The summed E-state index contributed by atoms with van der Waals surface area (Å²) in [6, 6.07) is 6.91. The van der Waals surface area contributed by atoms with Gasteiger partial charge in [0, 0.05) is 12.4 Å². The van der Waals surface area contributed by atoms with E-state index in [1.165, 1.54) is 16.4 Å². The van der Waals surface area contributed by atoms with Gasteiger partial charge in [-0.3, -0.25) is 4.79 Å². The van der Waals surface area contributed by atoms with E-state index < -0.39 is 5.97 Å². The Morgan fingerprint density at radius 1 is 1.23 bits per heavy atom. The van der Waals surface area contributed by atoms with Crippen LogP contribution < -0.4 is 4.90 Å². The Kier molecular flexibility index (Phi) is 4.92. The van der Waals surface area contributed by atoms with Crippen LogP contribution in [0.5, 0.6) is 0 Å². The summed E-state index contributed by atoms with van der Waals surface area (Å²) < 4.78 is 9.35. The quantitative estimate of drug-likeness (QED) is 0.812. The molecular weight excluding hydrogens is 300 g/mol. The first kappa shape index (κ1) is 16.2. The van der Waals surface area contributed by atoms with Gasteiger partial charge in [0.1, 0.15) is 0 Å². The molecule has 0 unspecified atom stereocenters. The van der Waals surface area contributed by atoms with Crippen LogP contribution in [0.15, 0.2) is 29.6 Å². The highest BCUT2D eigenvalue weighted by molar-refractivity contribution is 7.04. The lowest BCUT2D eigenvalue weighted by molar-refractivity contribution is 0.0379. The maximum absolute atomic E-state index is 12.6. The van der Waals surface area contributed by atoms with Crippen LogP contribution in [0.3, 0.4) is 0 Å². The Hall–Kier alpha value is -2.21. The van der Waals surface area contributed by atoms with Crippen LogP contribution in [0, 0.1) is 6.92 Å². The standard InChI is InChI=1S/C16H18N2O3S/c1-10(2)21-16(20)12-7-5-6-8-14(12)18(4)15(19)13-9-22-17-11(13)3/h5-10H,1-4H3. The van der Waals surface area contributed by atoms with Gasteiger partial charge >= 0.3 is 5.97 Å². The number of aromatic nitrogens is 1. The van der Waals surface area contributed by atoms with Gasteiger partial charge in [-0.25, -0.2) is 4.79 Å². The molecule has 0 spiro atoms. The summed E-state index contributed by atoms with van der Waals surface area (Å²) in [6.07, 6.45) is -0.218. The average Bonchev–Trinajstić information content (AvgIpc) is 2.91. The zero-order valence-electron chi connectivity index (χ0n) is 13.0. The van der Waals surface area contributed by atoms with Crippen LogP contribution in [-0.4, -0.2) is 29.4 Å². The van der Waals surface area contributed by atoms with E-state index in [4.69, 9.17) is 4.74 Å². The summed E-state index contributed by atoms with van der Waals surface area (Å²) in [4.78, 5) is 26.2. The second-order valence-corrected chi connectivity index (χ2v) is 5.78. The summed E-state index contributed by atoms with van der Waals surface area (Å²) in [5.41, 5.74) is 2.11. The molecule has 0 bridgehead atoms. The molecule has 22 heavy (non-hydrogen) atoms. The predicted octanol–water partition coefficient (Wildman–Crippen LogP) is 3.29. The predicted molar refractivity (Wildman–Crippen MR) is 86.6 cm³/mol. The van der Waals surface area contributed by atoms with Crippen molar-refractivity contribution in [3.8, 4) is 0 Å². The molecule has 0 aliphatic carbocycles. The minimum Gasteiger partial charge on any atom is -0.459 e. The number of esters is 1. The van der Waals surface area contributed by atoms with E-state index in [2.05, 4.69) is 4.37 Å². The molecule has 2 rings (SSSR count). The van der Waals surface area contributed by atoms with E-state index >= 15 is 0 Å². The van der Waals surface area contributed by atoms with Crippen molar-refractivity contribution >= 4 is 29.1 Å². The van der Waals surface area contributed by atoms with Crippen molar-refractivity contribution in [3.63, 3.8) is 0 Å². The van der Waals surface area contributed by atoms with E-state index in [1.54, 1.807) is 57.5 Å². The fraction of sp³-hybridized carbons (Fsp3) is 0.312. The second kappa shape index (κ2) is 6.70. The number of ether oxygens (including phenoxy) is 1. The normalized spacial score (nSPS) is 10.6. The number of amides is 1.